The Morgan fingerprint density at radius 2 is 2.42 bits per heavy atom. The Morgan fingerprint density at radius 3 is 3.00 bits per heavy atom. The van der Waals surface area contributed by atoms with Crippen molar-refractivity contribution in [2.24, 2.45) is 0 Å². The van der Waals surface area contributed by atoms with Crippen LogP contribution in [-0.4, -0.2) is 0 Å². The van der Waals surface area contributed by atoms with Gasteiger partial charge in [0, 0.05) is 1.37 Å². The first-order chi connectivity index (χ1) is 6.76. The summed E-state index contributed by atoms with van der Waals surface area (Å²) in [6, 6.07) is 0.684. The maximum absolute atomic E-state index is 7.79. The van der Waals surface area contributed by atoms with Crippen LogP contribution in [0.15, 0.2) is 24.3 Å². The van der Waals surface area contributed by atoms with E-state index in [-0.39, 0.29) is 0 Å². The van der Waals surface area contributed by atoms with E-state index in [2.05, 4.69) is 13.5 Å². The molecule has 0 rings (SSSR count). The monoisotopic (exact) mass is 168 g/mol. The van der Waals surface area contributed by atoms with Gasteiger partial charge in [0.2, 0.25) is 0 Å². The minimum atomic E-state index is 0.404. The minimum Gasteiger partial charge on any atom is -0.103 e. The largest absolute Gasteiger partial charge is 0.103 e. The van der Waals surface area contributed by atoms with E-state index < -0.39 is 0 Å². The van der Waals surface area contributed by atoms with Crippen molar-refractivity contribution in [2.75, 3.05) is 0 Å². The molecular formula is C12H22. The molecule has 0 aliphatic heterocycles. The van der Waals surface area contributed by atoms with Gasteiger partial charge in [0.15, 0.2) is 0 Å². The summed E-state index contributed by atoms with van der Waals surface area (Å²) in [5, 5.41) is 0. The smallest absolute Gasteiger partial charge is 0.0579 e. The molecule has 0 N–H and O–H groups in total. The normalized spacial score (nSPS) is 14.8. The second-order valence-electron chi connectivity index (χ2n) is 2.98. The molecule has 0 spiro atoms. The van der Waals surface area contributed by atoms with E-state index >= 15 is 0 Å². The summed E-state index contributed by atoms with van der Waals surface area (Å²) in [6.07, 6.45) is 7.78. The van der Waals surface area contributed by atoms with Gasteiger partial charge in [-0.15, -0.1) is 6.58 Å². The van der Waals surface area contributed by atoms with Crippen LogP contribution in [0.3, 0.4) is 0 Å². The van der Waals surface area contributed by atoms with Crippen molar-refractivity contribution in [3.63, 3.8) is 0 Å². The van der Waals surface area contributed by atoms with Crippen molar-refractivity contribution >= 4 is 0 Å². The zero-order valence-electron chi connectivity index (χ0n) is 10.2. The van der Waals surface area contributed by atoms with Gasteiger partial charge in [0.05, 0.1) is 1.37 Å². The summed E-state index contributed by atoms with van der Waals surface area (Å²) in [5.41, 5.74) is 1.16. The van der Waals surface area contributed by atoms with Crippen LogP contribution in [0.4, 0.5) is 0 Å². The summed E-state index contributed by atoms with van der Waals surface area (Å²) < 4.78 is 15.0. The maximum Gasteiger partial charge on any atom is 0.0579 e. The van der Waals surface area contributed by atoms with Crippen molar-refractivity contribution in [1.82, 2.24) is 0 Å². The molecule has 0 saturated heterocycles. The van der Waals surface area contributed by atoms with Crippen LogP contribution in [0.25, 0.3) is 0 Å². The zero-order valence-corrected chi connectivity index (χ0v) is 8.23. The van der Waals surface area contributed by atoms with Gasteiger partial charge in [-0.3, -0.25) is 0 Å². The standard InChI is InChI=1S/C12H22/c1-4-7-9-11-12(6-3)10-8-5-2/h5,10H,2,4,6-9,11H2,1,3H3/b12-10-/i3D,10D. The van der Waals surface area contributed by atoms with Gasteiger partial charge >= 0.3 is 0 Å². The van der Waals surface area contributed by atoms with E-state index in [0.717, 1.165) is 24.8 Å². The maximum atomic E-state index is 7.79. The van der Waals surface area contributed by atoms with Crippen LogP contribution in [0.1, 0.15) is 55.1 Å². The van der Waals surface area contributed by atoms with Gasteiger partial charge in [-0.05, 0) is 25.7 Å². The molecule has 0 radical (unpaired) electrons. The zero-order chi connectivity index (χ0) is 10.8. The van der Waals surface area contributed by atoms with E-state index in [1.165, 1.54) is 12.8 Å². The van der Waals surface area contributed by atoms with Crippen molar-refractivity contribution in [3.8, 4) is 0 Å². The lowest BCUT2D eigenvalue weighted by molar-refractivity contribution is 0.700. The molecule has 0 saturated carbocycles. The van der Waals surface area contributed by atoms with Crippen LogP contribution in [0.5, 0.6) is 0 Å². The van der Waals surface area contributed by atoms with E-state index in [1.807, 2.05) is 0 Å². The molecule has 0 aliphatic rings. The number of hydrogen-bond acceptors (Lipinski definition) is 0. The fraction of sp³-hybridized carbons (Fsp3) is 0.667. The molecule has 0 amide bonds. The predicted molar refractivity (Wildman–Crippen MR) is 57.3 cm³/mol. The Labute approximate surface area is 80.2 Å². The average molecular weight is 168 g/mol. The van der Waals surface area contributed by atoms with Crippen molar-refractivity contribution < 1.29 is 2.74 Å². The highest BCUT2D eigenvalue weighted by Crippen LogP contribution is 2.12. The Hall–Kier alpha value is -0.520. The fourth-order valence-electron chi connectivity index (χ4n) is 1.11. The highest BCUT2D eigenvalue weighted by molar-refractivity contribution is 5.03. The molecular weight excluding hydrogens is 144 g/mol. The summed E-state index contributed by atoms with van der Waals surface area (Å²) in [4.78, 5) is 0. The molecule has 70 valence electrons. The van der Waals surface area contributed by atoms with Crippen molar-refractivity contribution in [2.45, 2.75) is 52.3 Å². The first-order valence-corrected chi connectivity index (χ1v) is 4.83. The predicted octanol–water partition coefficient (Wildman–Crippen LogP) is 4.48. The van der Waals surface area contributed by atoms with Crippen LogP contribution in [0, 0.1) is 0 Å². The van der Waals surface area contributed by atoms with Crippen molar-refractivity contribution in [3.05, 3.63) is 24.3 Å². The molecule has 0 heterocycles. The fourth-order valence-corrected chi connectivity index (χ4v) is 1.11. The van der Waals surface area contributed by atoms with Gasteiger partial charge in [-0.2, -0.15) is 0 Å². The molecule has 0 heteroatoms. The molecule has 0 fully saturated rings. The van der Waals surface area contributed by atoms with Gasteiger partial charge < -0.3 is 0 Å². The molecule has 12 heavy (non-hydrogen) atoms. The molecule has 0 aromatic heterocycles. The Kier molecular flexibility index (Phi) is 5.79. The van der Waals surface area contributed by atoms with Crippen LogP contribution >= 0.6 is 0 Å². The summed E-state index contributed by atoms with van der Waals surface area (Å²) in [6.45, 7) is 6.22. The van der Waals surface area contributed by atoms with E-state index in [1.54, 1.807) is 6.08 Å². The quantitative estimate of drug-likeness (QED) is 0.388. The molecule has 0 aromatic rings. The minimum absolute atomic E-state index is 0.404. The first-order valence-electron chi connectivity index (χ1n) is 6.04. The summed E-state index contributed by atoms with van der Waals surface area (Å²) in [7, 11) is 0. The average Bonchev–Trinajstić information content (AvgIpc) is 2.17. The molecule has 0 aliphatic carbocycles. The lowest BCUT2D eigenvalue weighted by Crippen LogP contribution is -1.82. The molecule has 0 bridgehead atoms. The topological polar surface area (TPSA) is 0 Å². The highest BCUT2D eigenvalue weighted by atomic mass is 14.0. The summed E-state index contributed by atoms with van der Waals surface area (Å²) in [5.74, 6) is 0. The number of hydrogen-bond donors (Lipinski definition) is 0. The second kappa shape index (κ2) is 8.58. The lowest BCUT2D eigenvalue weighted by Gasteiger charge is -2.02. The van der Waals surface area contributed by atoms with E-state index in [9.17, 15) is 0 Å². The van der Waals surface area contributed by atoms with Gasteiger partial charge in [-0.25, -0.2) is 0 Å². The van der Waals surface area contributed by atoms with Crippen molar-refractivity contribution in [1.29, 1.82) is 0 Å². The van der Waals surface area contributed by atoms with E-state index in [0.29, 0.717) is 19.4 Å². The Morgan fingerprint density at radius 1 is 1.58 bits per heavy atom. The van der Waals surface area contributed by atoms with E-state index in [4.69, 9.17) is 2.74 Å². The number of allylic oxidation sites excluding steroid dienone is 3. The Balaban J connectivity index is 4.10. The number of rotatable bonds is 7. The third-order valence-corrected chi connectivity index (χ3v) is 1.88. The van der Waals surface area contributed by atoms with Crippen LogP contribution in [-0.2, 0) is 0 Å². The van der Waals surface area contributed by atoms with Gasteiger partial charge in [-0.1, -0.05) is 44.4 Å². The third kappa shape index (κ3) is 6.21. The second-order valence-corrected chi connectivity index (χ2v) is 2.98. The third-order valence-electron chi connectivity index (χ3n) is 1.88. The lowest BCUT2D eigenvalue weighted by atomic mass is 10.0. The highest BCUT2D eigenvalue weighted by Gasteiger charge is 1.92. The van der Waals surface area contributed by atoms with Gasteiger partial charge in [0.25, 0.3) is 0 Å². The number of unbranched alkanes of at least 4 members (excludes halogenated alkanes) is 2. The summed E-state index contributed by atoms with van der Waals surface area (Å²) >= 11 is 0. The molecule has 0 atom stereocenters. The van der Waals surface area contributed by atoms with Crippen LogP contribution in [0.2, 0.25) is 0 Å². The molecule has 0 aromatic carbocycles. The van der Waals surface area contributed by atoms with Crippen LogP contribution < -0.4 is 0 Å². The SMILES string of the molecule is [2H]CC/C(CCCCC)=C(\[2H])CC=C. The molecule has 0 unspecified atom stereocenters. The van der Waals surface area contributed by atoms with Gasteiger partial charge in [0.1, 0.15) is 0 Å². The molecule has 0 nitrogen and oxygen atoms in total. The first kappa shape index (κ1) is 8.10. The Bertz CT molecular complexity index is 183.